The minimum Gasteiger partial charge on any atom is -0.311 e. The van der Waals surface area contributed by atoms with Gasteiger partial charge in [-0.15, -0.1) is 11.3 Å². The van der Waals surface area contributed by atoms with Gasteiger partial charge in [-0.25, -0.2) is 0 Å². The van der Waals surface area contributed by atoms with Crippen molar-refractivity contribution in [2.45, 2.75) is 162 Å². The summed E-state index contributed by atoms with van der Waals surface area (Å²) in [5, 5.41) is 1.49. The Morgan fingerprint density at radius 1 is 0.557 bits per heavy atom. The van der Waals surface area contributed by atoms with Crippen molar-refractivity contribution in [3.05, 3.63) is 112 Å². The molecule has 5 aromatic carbocycles. The molecule has 0 unspecified atom stereocenters. The molecule has 0 spiro atoms. The summed E-state index contributed by atoms with van der Waals surface area (Å²) in [6.07, 6.45) is 4.81. The molecule has 0 atom stereocenters. The van der Waals surface area contributed by atoms with E-state index in [0.717, 1.165) is 0 Å². The van der Waals surface area contributed by atoms with Crippen molar-refractivity contribution >= 4 is 78.0 Å². The third-order valence-corrected chi connectivity index (χ3v) is 17.4. The van der Waals surface area contributed by atoms with Gasteiger partial charge >= 0.3 is 0 Å². The summed E-state index contributed by atoms with van der Waals surface area (Å²) in [7, 11) is 0. The second-order valence-electron chi connectivity index (χ2n) is 24.5. The highest BCUT2D eigenvalue weighted by atomic mass is 32.1. The van der Waals surface area contributed by atoms with Gasteiger partial charge < -0.3 is 9.80 Å². The normalized spacial score (nSPS) is 19.6. The Balaban J connectivity index is 1.30. The van der Waals surface area contributed by atoms with E-state index in [1.807, 2.05) is 0 Å². The van der Waals surface area contributed by atoms with Crippen LogP contribution in [0.25, 0.3) is 21.2 Å². The van der Waals surface area contributed by atoms with E-state index in [-0.39, 0.29) is 39.2 Å². The highest BCUT2D eigenvalue weighted by Gasteiger charge is 2.51. The number of aryl methyl sites for hydroxylation is 1. The fraction of sp³-hybridized carbons (Fsp3) is 0.439. The average Bonchev–Trinajstić information content (AvgIpc) is 3.56. The number of hydrogen-bond acceptors (Lipinski definition) is 3. The van der Waals surface area contributed by atoms with Gasteiger partial charge in [0, 0.05) is 43.2 Å². The number of hydrogen-bond donors (Lipinski definition) is 0. The summed E-state index contributed by atoms with van der Waals surface area (Å²) in [4.78, 5) is 5.39. The lowest BCUT2D eigenvalue weighted by Crippen LogP contribution is -2.60. The fourth-order valence-corrected chi connectivity index (χ4v) is 13.6. The molecule has 0 saturated carbocycles. The molecule has 0 radical (unpaired) electrons. The number of thiophene rings is 1. The van der Waals surface area contributed by atoms with E-state index in [2.05, 4.69) is 198 Å². The smallest absolute Gasteiger partial charge is 0.264 e. The molecular weight excluding hydrogens is 756 g/mol. The second-order valence-corrected chi connectivity index (χ2v) is 25.5. The molecule has 11 rings (SSSR count). The van der Waals surface area contributed by atoms with Crippen LogP contribution >= 0.6 is 11.3 Å². The van der Waals surface area contributed by atoms with E-state index >= 15 is 0 Å². The molecule has 2 nitrogen and oxygen atoms in total. The molecule has 1 aromatic heterocycles. The highest BCUT2D eigenvalue weighted by molar-refractivity contribution is 7.34. The largest absolute Gasteiger partial charge is 0.311 e. The van der Waals surface area contributed by atoms with Gasteiger partial charge in [-0.05, 0) is 169 Å². The highest BCUT2D eigenvalue weighted by Crippen LogP contribution is 2.62. The molecule has 0 amide bonds. The van der Waals surface area contributed by atoms with Gasteiger partial charge in [0.05, 0.1) is 11.4 Å². The lowest BCUT2D eigenvalue weighted by Gasteiger charge is -2.48. The van der Waals surface area contributed by atoms with Crippen LogP contribution in [0.3, 0.4) is 0 Å². The standard InChI is InChI=1S/C57H65BN2S/c1-32-26-43-49-44(27-32)60-42-30-38-37(54(8,9)22-23-55(38,10)11)29-36(42)46-47-45(31-39-48(46)57(14,15)25-24-56(39,12)13)61-51(50(47)60)58(49)40-28-34(53(5,6)7)18-21-41(40)59(43)35-19-16-33(17-20-35)52(2,3)4/h16-21,26-31H,22-25H2,1-15H3. The van der Waals surface area contributed by atoms with Crippen molar-refractivity contribution in [1.29, 1.82) is 0 Å². The first-order chi connectivity index (χ1) is 28.4. The van der Waals surface area contributed by atoms with Crippen LogP contribution in [0.4, 0.5) is 34.1 Å². The Labute approximate surface area is 370 Å². The Bertz CT molecular complexity index is 2900. The minimum atomic E-state index is 0.0156. The van der Waals surface area contributed by atoms with Crippen molar-refractivity contribution < 1.29 is 0 Å². The Kier molecular flexibility index (Phi) is 7.81. The Morgan fingerprint density at radius 3 is 1.74 bits per heavy atom. The van der Waals surface area contributed by atoms with Gasteiger partial charge in [-0.1, -0.05) is 121 Å². The Hall–Kier alpha value is -4.28. The molecule has 4 heterocycles. The molecule has 0 saturated heterocycles. The van der Waals surface area contributed by atoms with Gasteiger partial charge in [0.1, 0.15) is 0 Å². The lowest BCUT2D eigenvalue weighted by atomic mass is 9.36. The molecule has 61 heavy (non-hydrogen) atoms. The maximum atomic E-state index is 2.78. The molecule has 0 N–H and O–H groups in total. The molecule has 2 aliphatic carbocycles. The average molecular weight is 821 g/mol. The predicted molar refractivity (Wildman–Crippen MR) is 268 cm³/mol. The maximum absolute atomic E-state index is 2.78. The lowest BCUT2D eigenvalue weighted by molar-refractivity contribution is 0.331. The van der Waals surface area contributed by atoms with Crippen molar-refractivity contribution in [3.8, 4) is 11.1 Å². The van der Waals surface area contributed by atoms with Crippen LogP contribution in [-0.4, -0.2) is 6.71 Å². The van der Waals surface area contributed by atoms with E-state index in [0.29, 0.717) is 0 Å². The molecule has 4 heteroatoms. The van der Waals surface area contributed by atoms with Crippen LogP contribution in [0.2, 0.25) is 0 Å². The summed E-state index contributed by atoms with van der Waals surface area (Å²) >= 11 is 2.10. The number of fused-ring (bicyclic) bond motifs is 10. The van der Waals surface area contributed by atoms with Crippen LogP contribution in [0.15, 0.2) is 72.8 Å². The van der Waals surface area contributed by atoms with Crippen LogP contribution in [0, 0.1) is 6.92 Å². The topological polar surface area (TPSA) is 6.48 Å². The zero-order chi connectivity index (χ0) is 43.3. The monoisotopic (exact) mass is 820 g/mol. The molecule has 5 aliphatic rings. The zero-order valence-electron chi connectivity index (χ0n) is 39.6. The number of rotatable bonds is 1. The van der Waals surface area contributed by atoms with Crippen LogP contribution in [0.1, 0.15) is 162 Å². The first-order valence-corrected chi connectivity index (χ1v) is 24.0. The maximum Gasteiger partial charge on any atom is 0.264 e. The molecule has 0 bridgehead atoms. The van der Waals surface area contributed by atoms with Crippen molar-refractivity contribution in [1.82, 2.24) is 0 Å². The molecule has 312 valence electrons. The summed E-state index contributed by atoms with van der Waals surface area (Å²) in [6.45, 7) is 36.6. The quantitative estimate of drug-likeness (QED) is 0.152. The van der Waals surface area contributed by atoms with Gasteiger partial charge in [0.25, 0.3) is 6.71 Å². The van der Waals surface area contributed by atoms with Crippen LogP contribution in [-0.2, 0) is 32.5 Å². The van der Waals surface area contributed by atoms with E-state index in [1.165, 1.54) is 119 Å². The summed E-state index contributed by atoms with van der Waals surface area (Å²) in [6, 6.07) is 30.0. The number of benzene rings is 5. The summed E-state index contributed by atoms with van der Waals surface area (Å²) < 4.78 is 2.96. The SMILES string of the molecule is Cc1cc2c3c(c1)N1c4cc5c(cc4-c4c6c(cc7sc(c1c47)B3c1cc(C(C)(C)C)ccc1N2c1ccc(C(C)(C)C)cc1)C(C)(C)CCC6(C)C)C(C)(C)CCC5(C)C. The van der Waals surface area contributed by atoms with Gasteiger partial charge in [0.15, 0.2) is 0 Å². The van der Waals surface area contributed by atoms with E-state index in [1.54, 1.807) is 16.7 Å². The molecule has 3 aliphatic heterocycles. The van der Waals surface area contributed by atoms with E-state index < -0.39 is 0 Å². The van der Waals surface area contributed by atoms with Crippen LogP contribution < -0.4 is 25.5 Å². The fourth-order valence-electron chi connectivity index (χ4n) is 12.3. The molecule has 6 aromatic rings. The third-order valence-electron chi connectivity index (χ3n) is 16.2. The first-order valence-electron chi connectivity index (χ1n) is 23.2. The third kappa shape index (κ3) is 5.39. The van der Waals surface area contributed by atoms with Crippen molar-refractivity contribution in [2.75, 3.05) is 9.80 Å². The summed E-state index contributed by atoms with van der Waals surface area (Å²) in [5.41, 5.74) is 24.6. The van der Waals surface area contributed by atoms with Crippen LogP contribution in [0.5, 0.6) is 0 Å². The summed E-state index contributed by atoms with van der Waals surface area (Å²) in [5.74, 6) is 0. The van der Waals surface area contributed by atoms with Gasteiger partial charge in [0.2, 0.25) is 0 Å². The minimum absolute atomic E-state index is 0.0156. The van der Waals surface area contributed by atoms with Crippen molar-refractivity contribution in [3.63, 3.8) is 0 Å². The van der Waals surface area contributed by atoms with E-state index in [9.17, 15) is 0 Å². The first kappa shape index (κ1) is 39.6. The Morgan fingerprint density at radius 2 is 1.11 bits per heavy atom. The molecular formula is C57H65BN2S. The number of nitrogens with zero attached hydrogens (tertiary/aromatic N) is 2. The van der Waals surface area contributed by atoms with Gasteiger partial charge in [-0.2, -0.15) is 0 Å². The van der Waals surface area contributed by atoms with Gasteiger partial charge in [-0.3, -0.25) is 0 Å². The molecule has 0 fully saturated rings. The zero-order valence-corrected chi connectivity index (χ0v) is 40.5. The number of anilines is 6. The van der Waals surface area contributed by atoms with Crippen molar-refractivity contribution in [2.24, 2.45) is 0 Å². The van der Waals surface area contributed by atoms with E-state index in [4.69, 9.17) is 0 Å². The second kappa shape index (κ2) is 12.0. The predicted octanol–water partition coefficient (Wildman–Crippen LogP) is 14.6.